The van der Waals surface area contributed by atoms with Crippen LogP contribution in [-0.4, -0.2) is 25.6 Å². The number of pyridine rings is 1. The summed E-state index contributed by atoms with van der Waals surface area (Å²) < 4.78 is 23.7. The SMILES string of the molecule is CS(=O)(=O)c1ccc(Cl)c(C(=O)Nc2ccc(Cl)c(-c3nccc4ccccc34)c2)c1. The average Bonchev–Trinajstić information content (AvgIpc) is 2.74. The number of sulfone groups is 1. The monoisotopic (exact) mass is 470 g/mol. The highest BCUT2D eigenvalue weighted by Crippen LogP contribution is 2.34. The number of halogens is 2. The second-order valence-corrected chi connectivity index (χ2v) is 9.77. The molecule has 0 unspecified atom stereocenters. The molecular formula is C23H16Cl2N2O3S. The summed E-state index contributed by atoms with van der Waals surface area (Å²) in [7, 11) is -3.48. The zero-order valence-electron chi connectivity index (χ0n) is 16.3. The van der Waals surface area contributed by atoms with Crippen molar-refractivity contribution in [3.05, 3.63) is 88.5 Å². The number of nitrogens with one attached hydrogen (secondary N) is 1. The summed E-state index contributed by atoms with van der Waals surface area (Å²) in [5.74, 6) is -0.533. The molecule has 1 N–H and O–H groups in total. The number of benzene rings is 3. The van der Waals surface area contributed by atoms with Gasteiger partial charge in [0, 0.05) is 29.1 Å². The van der Waals surface area contributed by atoms with Crippen LogP contribution in [0.25, 0.3) is 22.0 Å². The number of carbonyl (C=O) groups is 1. The van der Waals surface area contributed by atoms with Gasteiger partial charge in [-0.3, -0.25) is 9.78 Å². The Morgan fingerprint density at radius 1 is 0.935 bits per heavy atom. The van der Waals surface area contributed by atoms with Gasteiger partial charge < -0.3 is 5.32 Å². The first kappa shape index (κ1) is 21.3. The molecule has 1 aromatic heterocycles. The van der Waals surface area contributed by atoms with Crippen LogP contribution in [0.2, 0.25) is 10.0 Å². The van der Waals surface area contributed by atoms with E-state index in [0.29, 0.717) is 22.0 Å². The van der Waals surface area contributed by atoms with Gasteiger partial charge in [-0.1, -0.05) is 47.5 Å². The molecule has 0 bridgehead atoms. The second kappa shape index (κ2) is 8.30. The normalized spacial score (nSPS) is 11.5. The molecule has 31 heavy (non-hydrogen) atoms. The molecule has 0 aliphatic rings. The minimum Gasteiger partial charge on any atom is -0.322 e. The Bertz CT molecular complexity index is 1430. The van der Waals surface area contributed by atoms with Crippen LogP contribution in [-0.2, 0) is 9.84 Å². The van der Waals surface area contributed by atoms with Crippen molar-refractivity contribution < 1.29 is 13.2 Å². The molecule has 0 aliphatic carbocycles. The van der Waals surface area contributed by atoms with E-state index in [1.807, 2.05) is 30.3 Å². The Kier molecular flexibility index (Phi) is 5.71. The van der Waals surface area contributed by atoms with Gasteiger partial charge in [-0.2, -0.15) is 0 Å². The summed E-state index contributed by atoms with van der Waals surface area (Å²) in [6, 6.07) is 18.8. The van der Waals surface area contributed by atoms with Crippen LogP contribution in [0.3, 0.4) is 0 Å². The van der Waals surface area contributed by atoms with Gasteiger partial charge in [0.25, 0.3) is 5.91 Å². The van der Waals surface area contributed by atoms with Crippen LogP contribution >= 0.6 is 23.2 Å². The fourth-order valence-corrected chi connectivity index (χ4v) is 4.28. The molecule has 5 nitrogen and oxygen atoms in total. The Hall–Kier alpha value is -2.93. The molecule has 8 heteroatoms. The van der Waals surface area contributed by atoms with Gasteiger partial charge in [-0.25, -0.2) is 8.42 Å². The molecule has 0 saturated carbocycles. The van der Waals surface area contributed by atoms with E-state index in [2.05, 4.69) is 10.3 Å². The van der Waals surface area contributed by atoms with Gasteiger partial charge in [0.15, 0.2) is 9.84 Å². The standard InChI is InChI=1S/C23H16Cl2N2O3S/c1-31(29,30)16-7-9-21(25)19(13-16)23(28)27-15-6-8-20(24)18(12-15)22-17-5-3-2-4-14(17)10-11-26-22/h2-13H,1H3,(H,27,28). The van der Waals surface area contributed by atoms with Gasteiger partial charge in [-0.15, -0.1) is 0 Å². The van der Waals surface area contributed by atoms with E-state index in [4.69, 9.17) is 23.2 Å². The molecule has 1 amide bonds. The first-order valence-electron chi connectivity index (χ1n) is 9.19. The van der Waals surface area contributed by atoms with Gasteiger partial charge in [0.1, 0.15) is 0 Å². The summed E-state index contributed by atoms with van der Waals surface area (Å²) in [4.78, 5) is 17.3. The third kappa shape index (κ3) is 4.42. The van der Waals surface area contributed by atoms with Gasteiger partial charge >= 0.3 is 0 Å². The maximum absolute atomic E-state index is 12.8. The predicted octanol–water partition coefficient (Wildman–Crippen LogP) is 5.86. The van der Waals surface area contributed by atoms with E-state index >= 15 is 0 Å². The molecule has 0 fully saturated rings. The van der Waals surface area contributed by atoms with Crippen LogP contribution in [0.1, 0.15) is 10.4 Å². The number of hydrogen-bond donors (Lipinski definition) is 1. The van der Waals surface area contributed by atoms with Crippen LogP contribution in [0, 0.1) is 0 Å². The lowest BCUT2D eigenvalue weighted by molar-refractivity contribution is 0.102. The minimum atomic E-state index is -3.48. The van der Waals surface area contributed by atoms with Gasteiger partial charge in [0.2, 0.25) is 0 Å². The zero-order valence-corrected chi connectivity index (χ0v) is 18.6. The summed E-state index contributed by atoms with van der Waals surface area (Å²) in [6.45, 7) is 0. The predicted molar refractivity (Wildman–Crippen MR) is 125 cm³/mol. The lowest BCUT2D eigenvalue weighted by atomic mass is 10.0. The summed E-state index contributed by atoms with van der Waals surface area (Å²) in [5.41, 5.74) is 1.88. The van der Waals surface area contributed by atoms with Crippen molar-refractivity contribution in [1.29, 1.82) is 0 Å². The van der Waals surface area contributed by atoms with Crippen LogP contribution in [0.5, 0.6) is 0 Å². The van der Waals surface area contributed by atoms with Gasteiger partial charge in [0.05, 0.1) is 26.2 Å². The Labute approximate surface area is 189 Å². The number of fused-ring (bicyclic) bond motifs is 1. The number of nitrogens with zero attached hydrogens (tertiary/aromatic N) is 1. The van der Waals surface area contributed by atoms with Crippen molar-refractivity contribution in [2.75, 3.05) is 11.6 Å². The molecule has 4 rings (SSSR count). The van der Waals surface area contributed by atoms with Crippen molar-refractivity contribution in [3.63, 3.8) is 0 Å². The molecule has 4 aromatic rings. The van der Waals surface area contributed by atoms with Crippen molar-refractivity contribution in [1.82, 2.24) is 4.98 Å². The highest BCUT2D eigenvalue weighted by atomic mass is 35.5. The zero-order chi connectivity index (χ0) is 22.2. The largest absolute Gasteiger partial charge is 0.322 e. The number of amides is 1. The minimum absolute atomic E-state index is 0.0128. The molecule has 0 radical (unpaired) electrons. The summed E-state index contributed by atoms with van der Waals surface area (Å²) >= 11 is 12.6. The third-order valence-corrected chi connectivity index (χ3v) is 6.53. The van der Waals surface area contributed by atoms with E-state index in [-0.39, 0.29) is 15.5 Å². The van der Waals surface area contributed by atoms with E-state index in [1.165, 1.54) is 18.2 Å². The molecule has 1 heterocycles. The van der Waals surface area contributed by atoms with E-state index < -0.39 is 15.7 Å². The fraction of sp³-hybridized carbons (Fsp3) is 0.0435. The average molecular weight is 471 g/mol. The Morgan fingerprint density at radius 3 is 2.45 bits per heavy atom. The number of aromatic nitrogens is 1. The molecule has 0 saturated heterocycles. The van der Waals surface area contributed by atoms with Crippen molar-refractivity contribution in [2.24, 2.45) is 0 Å². The maximum atomic E-state index is 12.8. The third-order valence-electron chi connectivity index (χ3n) is 4.76. The molecule has 0 aliphatic heterocycles. The van der Waals surface area contributed by atoms with E-state index in [9.17, 15) is 13.2 Å². The quantitative estimate of drug-likeness (QED) is 0.404. The summed E-state index contributed by atoms with van der Waals surface area (Å²) in [6.07, 6.45) is 2.77. The number of rotatable bonds is 4. The van der Waals surface area contributed by atoms with Gasteiger partial charge in [-0.05, 0) is 47.9 Å². The van der Waals surface area contributed by atoms with Crippen molar-refractivity contribution >= 4 is 55.4 Å². The second-order valence-electron chi connectivity index (χ2n) is 6.94. The van der Waals surface area contributed by atoms with Crippen LogP contribution in [0.4, 0.5) is 5.69 Å². The molecule has 0 spiro atoms. The Balaban J connectivity index is 1.72. The first-order valence-corrected chi connectivity index (χ1v) is 11.8. The number of anilines is 1. The number of carbonyl (C=O) groups excluding carboxylic acids is 1. The topological polar surface area (TPSA) is 76.1 Å². The first-order chi connectivity index (χ1) is 14.7. The molecule has 0 atom stereocenters. The Morgan fingerprint density at radius 2 is 1.68 bits per heavy atom. The van der Waals surface area contributed by atoms with Crippen molar-refractivity contribution in [3.8, 4) is 11.3 Å². The van der Waals surface area contributed by atoms with E-state index in [1.54, 1.807) is 24.4 Å². The van der Waals surface area contributed by atoms with Crippen LogP contribution < -0.4 is 5.32 Å². The lowest BCUT2D eigenvalue weighted by Gasteiger charge is -2.12. The maximum Gasteiger partial charge on any atom is 0.257 e. The highest BCUT2D eigenvalue weighted by Gasteiger charge is 2.17. The fourth-order valence-electron chi connectivity index (χ4n) is 3.23. The molecule has 3 aromatic carbocycles. The highest BCUT2D eigenvalue weighted by molar-refractivity contribution is 7.90. The lowest BCUT2D eigenvalue weighted by Crippen LogP contribution is -2.13. The summed E-state index contributed by atoms with van der Waals surface area (Å²) in [5, 5.41) is 5.34. The number of hydrogen-bond acceptors (Lipinski definition) is 4. The molecule has 156 valence electrons. The van der Waals surface area contributed by atoms with Crippen molar-refractivity contribution in [2.45, 2.75) is 4.90 Å². The van der Waals surface area contributed by atoms with Crippen LogP contribution in [0.15, 0.2) is 77.8 Å². The van der Waals surface area contributed by atoms with E-state index in [0.717, 1.165) is 17.0 Å². The molecular weight excluding hydrogens is 455 g/mol. The smallest absolute Gasteiger partial charge is 0.257 e.